The normalized spacial score (nSPS) is 10.7. The molecule has 0 spiro atoms. The maximum atomic E-state index is 13.4. The van der Waals surface area contributed by atoms with Gasteiger partial charge < -0.3 is 10.1 Å². The number of benzene rings is 2. The topological polar surface area (TPSA) is 41.6 Å². The van der Waals surface area contributed by atoms with Crippen LogP contribution in [0.2, 0.25) is 0 Å². The van der Waals surface area contributed by atoms with E-state index in [4.69, 9.17) is 4.74 Å². The molecular formula is C17H17F3N2O2. The molecule has 24 heavy (non-hydrogen) atoms. The van der Waals surface area contributed by atoms with Crippen LogP contribution in [-0.2, 0) is 4.79 Å². The van der Waals surface area contributed by atoms with Gasteiger partial charge in [0.25, 0.3) is 0 Å². The molecule has 1 amide bonds. The number of anilines is 1. The van der Waals surface area contributed by atoms with Crippen LogP contribution in [0.4, 0.5) is 18.9 Å². The summed E-state index contributed by atoms with van der Waals surface area (Å²) < 4.78 is 45.1. The van der Waals surface area contributed by atoms with E-state index in [9.17, 15) is 18.0 Å². The number of likely N-dealkylation sites (N-methyl/N-ethyl adjacent to an activating group) is 1. The molecule has 0 fully saturated rings. The standard InChI is InChI=1S/C17H17F3N2O2/c1-22(8-9-24-16-5-3-2-4-14(16)20)11-17(23)21-15-10-12(18)6-7-13(15)19/h2-7,10H,8-9,11H2,1H3,(H,21,23). The van der Waals surface area contributed by atoms with Crippen molar-refractivity contribution in [3.63, 3.8) is 0 Å². The van der Waals surface area contributed by atoms with Gasteiger partial charge in [0.15, 0.2) is 11.6 Å². The molecule has 0 saturated carbocycles. The van der Waals surface area contributed by atoms with Crippen molar-refractivity contribution in [2.24, 2.45) is 0 Å². The van der Waals surface area contributed by atoms with E-state index < -0.39 is 23.4 Å². The highest BCUT2D eigenvalue weighted by Crippen LogP contribution is 2.16. The third-order valence-corrected chi connectivity index (χ3v) is 3.18. The van der Waals surface area contributed by atoms with Crippen LogP contribution in [0.1, 0.15) is 0 Å². The van der Waals surface area contributed by atoms with Gasteiger partial charge in [-0.1, -0.05) is 12.1 Å². The predicted octanol–water partition coefficient (Wildman–Crippen LogP) is 3.05. The monoisotopic (exact) mass is 338 g/mol. The van der Waals surface area contributed by atoms with Gasteiger partial charge in [0.05, 0.1) is 12.2 Å². The number of carbonyl (C=O) groups is 1. The highest BCUT2D eigenvalue weighted by molar-refractivity contribution is 5.92. The number of hydrogen-bond donors (Lipinski definition) is 1. The molecule has 2 rings (SSSR count). The molecule has 2 aromatic rings. The van der Waals surface area contributed by atoms with Gasteiger partial charge in [-0.3, -0.25) is 9.69 Å². The van der Waals surface area contributed by atoms with Crippen molar-refractivity contribution >= 4 is 11.6 Å². The predicted molar refractivity (Wildman–Crippen MR) is 84.4 cm³/mol. The minimum absolute atomic E-state index is 0.0451. The molecule has 2 aromatic carbocycles. The maximum absolute atomic E-state index is 13.4. The molecule has 0 bridgehead atoms. The average Bonchev–Trinajstić information content (AvgIpc) is 2.52. The molecular weight excluding hydrogens is 321 g/mol. The first-order valence-electron chi connectivity index (χ1n) is 7.26. The van der Waals surface area contributed by atoms with Crippen molar-refractivity contribution in [2.75, 3.05) is 32.1 Å². The fourth-order valence-corrected chi connectivity index (χ4v) is 1.98. The number of rotatable bonds is 7. The van der Waals surface area contributed by atoms with Crippen LogP contribution in [-0.4, -0.2) is 37.6 Å². The minimum atomic E-state index is -0.713. The smallest absolute Gasteiger partial charge is 0.238 e. The Morgan fingerprint density at radius 3 is 2.62 bits per heavy atom. The zero-order valence-corrected chi connectivity index (χ0v) is 13.1. The van der Waals surface area contributed by atoms with Crippen LogP contribution in [0.15, 0.2) is 42.5 Å². The van der Waals surface area contributed by atoms with E-state index in [1.54, 1.807) is 24.1 Å². The number of carbonyl (C=O) groups excluding carboxylic acids is 1. The lowest BCUT2D eigenvalue weighted by molar-refractivity contribution is -0.117. The second-order valence-electron chi connectivity index (χ2n) is 5.19. The van der Waals surface area contributed by atoms with Crippen LogP contribution in [0.25, 0.3) is 0 Å². The molecule has 7 heteroatoms. The Morgan fingerprint density at radius 2 is 1.88 bits per heavy atom. The lowest BCUT2D eigenvalue weighted by atomic mass is 10.3. The molecule has 0 aromatic heterocycles. The average molecular weight is 338 g/mol. The number of hydrogen-bond acceptors (Lipinski definition) is 3. The second-order valence-corrected chi connectivity index (χ2v) is 5.19. The third kappa shape index (κ3) is 5.27. The largest absolute Gasteiger partial charge is 0.489 e. The molecule has 0 radical (unpaired) electrons. The fraction of sp³-hybridized carbons (Fsp3) is 0.235. The number of nitrogens with one attached hydrogen (secondary N) is 1. The number of amides is 1. The molecule has 0 aliphatic heterocycles. The van der Waals surface area contributed by atoms with Crippen molar-refractivity contribution in [2.45, 2.75) is 0 Å². The third-order valence-electron chi connectivity index (χ3n) is 3.18. The molecule has 0 heterocycles. The highest BCUT2D eigenvalue weighted by atomic mass is 19.1. The van der Waals surface area contributed by atoms with Gasteiger partial charge in [-0.05, 0) is 31.3 Å². The van der Waals surface area contributed by atoms with Gasteiger partial charge in [-0.2, -0.15) is 0 Å². The van der Waals surface area contributed by atoms with Gasteiger partial charge >= 0.3 is 0 Å². The number of para-hydroxylation sites is 1. The molecule has 4 nitrogen and oxygen atoms in total. The fourth-order valence-electron chi connectivity index (χ4n) is 1.98. The van der Waals surface area contributed by atoms with E-state index in [2.05, 4.69) is 5.32 Å². The lowest BCUT2D eigenvalue weighted by Gasteiger charge is -2.17. The minimum Gasteiger partial charge on any atom is -0.489 e. The number of nitrogens with zero attached hydrogens (tertiary/aromatic N) is 1. The van der Waals surface area contributed by atoms with Gasteiger partial charge in [-0.15, -0.1) is 0 Å². The van der Waals surface area contributed by atoms with Gasteiger partial charge in [-0.25, -0.2) is 13.2 Å². The van der Waals surface area contributed by atoms with E-state index in [0.717, 1.165) is 18.2 Å². The first kappa shape index (κ1) is 17.8. The van der Waals surface area contributed by atoms with E-state index in [1.165, 1.54) is 12.1 Å². The van der Waals surface area contributed by atoms with E-state index in [1.807, 2.05) is 0 Å². The summed E-state index contributed by atoms with van der Waals surface area (Å²) in [5.41, 5.74) is -0.212. The van der Waals surface area contributed by atoms with Crippen molar-refractivity contribution in [3.8, 4) is 5.75 Å². The first-order chi connectivity index (χ1) is 11.5. The van der Waals surface area contributed by atoms with E-state index >= 15 is 0 Å². The first-order valence-corrected chi connectivity index (χ1v) is 7.26. The Hall–Kier alpha value is -2.54. The summed E-state index contributed by atoms with van der Waals surface area (Å²) in [5.74, 6) is -2.17. The highest BCUT2D eigenvalue weighted by Gasteiger charge is 2.11. The van der Waals surface area contributed by atoms with Crippen molar-refractivity contribution in [1.29, 1.82) is 0 Å². The number of halogens is 3. The lowest BCUT2D eigenvalue weighted by Crippen LogP contribution is -2.33. The van der Waals surface area contributed by atoms with E-state index in [-0.39, 0.29) is 24.6 Å². The Labute approximate surface area is 137 Å². The quantitative estimate of drug-likeness (QED) is 0.844. The van der Waals surface area contributed by atoms with Gasteiger partial charge in [0.1, 0.15) is 18.2 Å². The zero-order valence-electron chi connectivity index (χ0n) is 13.1. The van der Waals surface area contributed by atoms with Crippen LogP contribution < -0.4 is 10.1 Å². The molecule has 0 aliphatic rings. The number of ether oxygens (including phenoxy) is 1. The molecule has 0 unspecified atom stereocenters. The maximum Gasteiger partial charge on any atom is 0.238 e. The van der Waals surface area contributed by atoms with Crippen molar-refractivity contribution in [3.05, 3.63) is 59.9 Å². The van der Waals surface area contributed by atoms with Crippen LogP contribution in [0, 0.1) is 17.5 Å². The molecule has 0 atom stereocenters. The summed E-state index contributed by atoms with van der Waals surface area (Å²) in [4.78, 5) is 13.4. The summed E-state index contributed by atoms with van der Waals surface area (Å²) in [5, 5.41) is 2.30. The Balaban J connectivity index is 1.77. The van der Waals surface area contributed by atoms with Crippen LogP contribution in [0.5, 0.6) is 5.75 Å². The van der Waals surface area contributed by atoms with Gasteiger partial charge in [0.2, 0.25) is 5.91 Å². The molecule has 128 valence electrons. The Kier molecular flexibility index (Phi) is 6.20. The van der Waals surface area contributed by atoms with Crippen molar-refractivity contribution in [1.82, 2.24) is 4.90 Å². The Morgan fingerprint density at radius 1 is 1.12 bits per heavy atom. The second kappa shape index (κ2) is 8.35. The summed E-state index contributed by atoms with van der Waals surface area (Å²) in [7, 11) is 1.66. The molecule has 0 saturated heterocycles. The van der Waals surface area contributed by atoms with E-state index in [0.29, 0.717) is 6.54 Å². The Bertz CT molecular complexity index is 710. The molecule has 1 N–H and O–H groups in total. The van der Waals surface area contributed by atoms with Crippen LogP contribution in [0.3, 0.4) is 0 Å². The summed E-state index contributed by atoms with van der Waals surface area (Å²) in [6, 6.07) is 8.84. The summed E-state index contributed by atoms with van der Waals surface area (Å²) in [6.45, 7) is 0.489. The van der Waals surface area contributed by atoms with Gasteiger partial charge in [0, 0.05) is 12.6 Å². The summed E-state index contributed by atoms with van der Waals surface area (Å²) in [6.07, 6.45) is 0. The summed E-state index contributed by atoms with van der Waals surface area (Å²) >= 11 is 0. The van der Waals surface area contributed by atoms with Crippen molar-refractivity contribution < 1.29 is 22.7 Å². The molecule has 0 aliphatic carbocycles. The van der Waals surface area contributed by atoms with Crippen LogP contribution >= 0.6 is 0 Å². The SMILES string of the molecule is CN(CCOc1ccccc1F)CC(=O)Nc1cc(F)ccc1F. The zero-order chi connectivity index (χ0) is 17.5.